The summed E-state index contributed by atoms with van der Waals surface area (Å²) in [5.74, 6) is -0.542. The SMILES string of the molecule is CCOC(=O)C1CCN(C(=O)[C@H](Cc2ccccc2)NC(=O)OC(C)(C)C)CC1. The summed E-state index contributed by atoms with van der Waals surface area (Å²) in [6.45, 7) is 8.40. The first-order valence-electron chi connectivity index (χ1n) is 10.2. The molecule has 0 unspecified atom stereocenters. The van der Waals surface area contributed by atoms with Crippen LogP contribution in [0.1, 0.15) is 46.1 Å². The lowest BCUT2D eigenvalue weighted by Crippen LogP contribution is -2.52. The standard InChI is InChI=1S/C22H32N2O5/c1-5-28-20(26)17-11-13-24(14-12-17)19(25)18(15-16-9-7-6-8-10-16)23-21(27)29-22(2,3)4/h6-10,17-18H,5,11-15H2,1-4H3,(H,23,27)/t18-/m0/s1. The van der Waals surface area contributed by atoms with E-state index in [9.17, 15) is 14.4 Å². The molecule has 0 aliphatic carbocycles. The molecule has 2 amide bonds. The predicted molar refractivity (Wildman–Crippen MR) is 109 cm³/mol. The molecule has 0 saturated carbocycles. The van der Waals surface area contributed by atoms with Crippen molar-refractivity contribution >= 4 is 18.0 Å². The lowest BCUT2D eigenvalue weighted by atomic mass is 9.96. The van der Waals surface area contributed by atoms with Crippen LogP contribution in [0.3, 0.4) is 0 Å². The molecule has 1 N–H and O–H groups in total. The number of likely N-dealkylation sites (tertiary alicyclic amines) is 1. The molecule has 1 aromatic carbocycles. The van der Waals surface area contributed by atoms with E-state index in [2.05, 4.69) is 5.32 Å². The van der Waals surface area contributed by atoms with E-state index in [1.54, 1.807) is 32.6 Å². The molecule has 2 rings (SSSR count). The van der Waals surface area contributed by atoms with E-state index in [0.717, 1.165) is 5.56 Å². The normalized spacial score (nSPS) is 16.1. The zero-order valence-electron chi connectivity index (χ0n) is 17.8. The average Bonchev–Trinajstić information content (AvgIpc) is 2.66. The molecule has 1 aliphatic rings. The van der Waals surface area contributed by atoms with Crippen LogP contribution in [-0.4, -0.2) is 54.2 Å². The third-order valence-corrected chi connectivity index (χ3v) is 4.70. The Morgan fingerprint density at radius 3 is 2.31 bits per heavy atom. The molecule has 1 aliphatic heterocycles. The maximum absolute atomic E-state index is 13.1. The van der Waals surface area contributed by atoms with Gasteiger partial charge in [0.15, 0.2) is 0 Å². The van der Waals surface area contributed by atoms with E-state index < -0.39 is 17.7 Å². The Balaban J connectivity index is 2.04. The van der Waals surface area contributed by atoms with Crippen LogP contribution < -0.4 is 5.32 Å². The minimum atomic E-state index is -0.730. The fourth-order valence-electron chi connectivity index (χ4n) is 3.32. The van der Waals surface area contributed by atoms with Crippen LogP contribution in [0.2, 0.25) is 0 Å². The number of nitrogens with one attached hydrogen (secondary N) is 1. The predicted octanol–water partition coefficient (Wildman–Crippen LogP) is 2.92. The van der Waals surface area contributed by atoms with Crippen LogP contribution in [0.4, 0.5) is 4.79 Å². The van der Waals surface area contributed by atoms with E-state index >= 15 is 0 Å². The second-order valence-corrected chi connectivity index (χ2v) is 8.24. The summed E-state index contributed by atoms with van der Waals surface area (Å²) in [6.07, 6.45) is 0.883. The van der Waals surface area contributed by atoms with Gasteiger partial charge in [-0.05, 0) is 46.1 Å². The van der Waals surface area contributed by atoms with Crippen LogP contribution in [0.15, 0.2) is 30.3 Å². The van der Waals surface area contributed by atoms with Gasteiger partial charge >= 0.3 is 12.1 Å². The number of esters is 1. The Morgan fingerprint density at radius 2 is 1.76 bits per heavy atom. The fraction of sp³-hybridized carbons (Fsp3) is 0.591. The number of amides is 2. The lowest BCUT2D eigenvalue weighted by Gasteiger charge is -2.34. The first kappa shape index (κ1) is 22.7. The number of nitrogens with zero attached hydrogens (tertiary/aromatic N) is 1. The van der Waals surface area contributed by atoms with Crippen LogP contribution in [0, 0.1) is 5.92 Å². The summed E-state index contributed by atoms with van der Waals surface area (Å²) >= 11 is 0. The molecule has 1 saturated heterocycles. The van der Waals surface area contributed by atoms with Gasteiger partial charge in [-0.2, -0.15) is 0 Å². The summed E-state index contributed by atoms with van der Waals surface area (Å²) in [5.41, 5.74) is 0.297. The van der Waals surface area contributed by atoms with E-state index in [4.69, 9.17) is 9.47 Å². The Kier molecular flexibility index (Phi) is 8.05. The number of carbonyl (C=O) groups excluding carboxylic acids is 3. The number of hydrogen-bond acceptors (Lipinski definition) is 5. The van der Waals surface area contributed by atoms with Crippen molar-refractivity contribution in [1.29, 1.82) is 0 Å². The highest BCUT2D eigenvalue weighted by molar-refractivity contribution is 5.86. The van der Waals surface area contributed by atoms with Gasteiger partial charge in [0.2, 0.25) is 5.91 Å². The number of alkyl carbamates (subject to hydrolysis) is 1. The maximum Gasteiger partial charge on any atom is 0.408 e. The largest absolute Gasteiger partial charge is 0.466 e. The van der Waals surface area contributed by atoms with Gasteiger partial charge in [-0.15, -0.1) is 0 Å². The van der Waals surface area contributed by atoms with Gasteiger partial charge in [0.1, 0.15) is 11.6 Å². The Hall–Kier alpha value is -2.57. The molecule has 7 nitrogen and oxygen atoms in total. The Morgan fingerprint density at radius 1 is 1.14 bits per heavy atom. The van der Waals surface area contributed by atoms with Crippen molar-refractivity contribution in [1.82, 2.24) is 10.2 Å². The van der Waals surface area contributed by atoms with Gasteiger partial charge in [0.05, 0.1) is 12.5 Å². The van der Waals surface area contributed by atoms with Crippen molar-refractivity contribution in [3.63, 3.8) is 0 Å². The van der Waals surface area contributed by atoms with Crippen LogP contribution in [-0.2, 0) is 25.5 Å². The number of rotatable bonds is 6. The topological polar surface area (TPSA) is 84.9 Å². The van der Waals surface area contributed by atoms with Gasteiger partial charge < -0.3 is 19.7 Å². The molecule has 0 spiro atoms. The Labute approximate surface area is 172 Å². The second-order valence-electron chi connectivity index (χ2n) is 8.24. The second kappa shape index (κ2) is 10.3. The van der Waals surface area contributed by atoms with Gasteiger partial charge in [-0.3, -0.25) is 9.59 Å². The zero-order valence-corrected chi connectivity index (χ0v) is 17.8. The lowest BCUT2D eigenvalue weighted by molar-refractivity contribution is -0.151. The minimum Gasteiger partial charge on any atom is -0.466 e. The van der Waals surface area contributed by atoms with Crippen molar-refractivity contribution in [3.05, 3.63) is 35.9 Å². The van der Waals surface area contributed by atoms with Crippen molar-refractivity contribution in [3.8, 4) is 0 Å². The average molecular weight is 405 g/mol. The summed E-state index contributed by atoms with van der Waals surface area (Å²) in [4.78, 5) is 39.1. The molecule has 1 fully saturated rings. The van der Waals surface area contributed by atoms with Gasteiger partial charge in [0, 0.05) is 19.5 Å². The first-order chi connectivity index (χ1) is 13.7. The van der Waals surface area contributed by atoms with E-state index in [1.807, 2.05) is 30.3 Å². The molecular weight excluding hydrogens is 372 g/mol. The molecule has 7 heteroatoms. The van der Waals surface area contributed by atoms with Crippen LogP contribution >= 0.6 is 0 Å². The summed E-state index contributed by atoms with van der Waals surface area (Å²) < 4.78 is 10.4. The minimum absolute atomic E-state index is 0.165. The summed E-state index contributed by atoms with van der Waals surface area (Å²) in [7, 11) is 0. The van der Waals surface area contributed by atoms with Crippen LogP contribution in [0.5, 0.6) is 0 Å². The Bertz CT molecular complexity index is 691. The third-order valence-electron chi connectivity index (χ3n) is 4.70. The van der Waals surface area contributed by atoms with Crippen molar-refractivity contribution in [2.75, 3.05) is 19.7 Å². The third kappa shape index (κ3) is 7.40. The molecule has 160 valence electrons. The number of piperidine rings is 1. The molecule has 1 aromatic rings. The molecule has 0 radical (unpaired) electrons. The fourth-order valence-corrected chi connectivity index (χ4v) is 3.32. The van der Waals surface area contributed by atoms with E-state index in [0.29, 0.717) is 39.0 Å². The quantitative estimate of drug-likeness (QED) is 0.737. The highest BCUT2D eigenvalue weighted by Gasteiger charge is 2.33. The van der Waals surface area contributed by atoms with Crippen molar-refractivity contribution in [2.24, 2.45) is 5.92 Å². The number of ether oxygens (including phenoxy) is 2. The first-order valence-corrected chi connectivity index (χ1v) is 10.2. The molecular formula is C22H32N2O5. The number of benzene rings is 1. The van der Waals surface area contributed by atoms with Crippen molar-refractivity contribution in [2.45, 2.75) is 58.6 Å². The molecule has 0 aromatic heterocycles. The molecule has 1 atom stereocenters. The van der Waals surface area contributed by atoms with E-state index in [1.165, 1.54) is 0 Å². The number of carbonyl (C=O) groups is 3. The highest BCUT2D eigenvalue weighted by Crippen LogP contribution is 2.20. The maximum atomic E-state index is 13.1. The van der Waals surface area contributed by atoms with Gasteiger partial charge in [0.25, 0.3) is 0 Å². The zero-order chi connectivity index (χ0) is 21.4. The van der Waals surface area contributed by atoms with Gasteiger partial charge in [-0.25, -0.2) is 4.79 Å². The van der Waals surface area contributed by atoms with Crippen LogP contribution in [0.25, 0.3) is 0 Å². The smallest absolute Gasteiger partial charge is 0.408 e. The summed E-state index contributed by atoms with van der Waals surface area (Å²) in [6, 6.07) is 8.81. The molecule has 29 heavy (non-hydrogen) atoms. The van der Waals surface area contributed by atoms with Gasteiger partial charge in [-0.1, -0.05) is 30.3 Å². The molecule has 1 heterocycles. The monoisotopic (exact) mass is 404 g/mol. The molecule has 0 bridgehead atoms. The van der Waals surface area contributed by atoms with E-state index in [-0.39, 0.29) is 17.8 Å². The summed E-state index contributed by atoms with van der Waals surface area (Å²) in [5, 5.41) is 2.73. The highest BCUT2D eigenvalue weighted by atomic mass is 16.6. The van der Waals surface area contributed by atoms with Crippen molar-refractivity contribution < 1.29 is 23.9 Å². The number of hydrogen-bond donors (Lipinski definition) is 1.